The molecule has 1 saturated heterocycles. The van der Waals surface area contributed by atoms with Gasteiger partial charge in [-0.3, -0.25) is 0 Å². The lowest BCUT2D eigenvalue weighted by atomic mass is 9.90. The number of halogens is 2. The van der Waals surface area contributed by atoms with E-state index in [-0.39, 0.29) is 5.60 Å². The van der Waals surface area contributed by atoms with Crippen molar-refractivity contribution in [3.05, 3.63) is 27.1 Å². The summed E-state index contributed by atoms with van der Waals surface area (Å²) in [6, 6.07) is 6.72. The Morgan fingerprint density at radius 2 is 2.22 bits per heavy atom. The van der Waals surface area contributed by atoms with Crippen molar-refractivity contribution in [1.82, 2.24) is 0 Å². The third-order valence-electron chi connectivity index (χ3n) is 3.63. The molecular weight excluding hydrogens is 358 g/mol. The Balaban J connectivity index is 2.05. The summed E-state index contributed by atoms with van der Waals surface area (Å²) in [5.74, 6) is 0. The summed E-state index contributed by atoms with van der Waals surface area (Å²) in [5, 5.41) is 3.62. The fourth-order valence-electron chi connectivity index (χ4n) is 2.33. The molecule has 100 valence electrons. The minimum absolute atomic E-state index is 0.0256. The Morgan fingerprint density at radius 1 is 1.44 bits per heavy atom. The summed E-state index contributed by atoms with van der Waals surface area (Å²) in [7, 11) is 0. The monoisotopic (exact) mass is 375 g/mol. The SMILES string of the molecule is CCC1(C)CC(Nc2ccc(Br)cc2Br)CCO1. The topological polar surface area (TPSA) is 21.3 Å². The van der Waals surface area contributed by atoms with Gasteiger partial charge in [-0.1, -0.05) is 22.9 Å². The fourth-order valence-corrected chi connectivity index (χ4v) is 3.49. The lowest BCUT2D eigenvalue weighted by Gasteiger charge is -2.38. The molecule has 1 aliphatic rings. The molecule has 2 nitrogen and oxygen atoms in total. The van der Waals surface area contributed by atoms with Gasteiger partial charge in [0.2, 0.25) is 0 Å². The summed E-state index contributed by atoms with van der Waals surface area (Å²) < 4.78 is 8.06. The van der Waals surface area contributed by atoms with E-state index in [9.17, 15) is 0 Å². The van der Waals surface area contributed by atoms with E-state index in [2.05, 4.69) is 69.2 Å². The molecule has 18 heavy (non-hydrogen) atoms. The first-order chi connectivity index (χ1) is 8.52. The molecule has 1 aromatic rings. The van der Waals surface area contributed by atoms with Crippen LogP contribution in [0.25, 0.3) is 0 Å². The Kier molecular flexibility index (Phi) is 4.73. The minimum atomic E-state index is 0.0256. The zero-order valence-electron chi connectivity index (χ0n) is 10.8. The first-order valence-electron chi connectivity index (χ1n) is 6.38. The van der Waals surface area contributed by atoms with Crippen LogP contribution in [0.1, 0.15) is 33.1 Å². The number of hydrogen-bond acceptors (Lipinski definition) is 2. The van der Waals surface area contributed by atoms with Gasteiger partial charge in [0.05, 0.1) is 5.60 Å². The molecule has 2 atom stereocenters. The van der Waals surface area contributed by atoms with E-state index in [1.165, 1.54) is 0 Å². The van der Waals surface area contributed by atoms with Crippen LogP contribution in [-0.4, -0.2) is 18.2 Å². The van der Waals surface area contributed by atoms with Crippen LogP contribution in [0.5, 0.6) is 0 Å². The number of benzene rings is 1. The quantitative estimate of drug-likeness (QED) is 0.803. The average molecular weight is 377 g/mol. The molecule has 0 amide bonds. The van der Waals surface area contributed by atoms with Crippen molar-refractivity contribution in [3.8, 4) is 0 Å². The number of hydrogen-bond donors (Lipinski definition) is 1. The molecule has 2 rings (SSSR count). The van der Waals surface area contributed by atoms with E-state index >= 15 is 0 Å². The van der Waals surface area contributed by atoms with Gasteiger partial charge in [0, 0.05) is 27.3 Å². The van der Waals surface area contributed by atoms with Crippen LogP contribution >= 0.6 is 31.9 Å². The molecule has 1 N–H and O–H groups in total. The van der Waals surface area contributed by atoms with Gasteiger partial charge in [-0.15, -0.1) is 0 Å². The van der Waals surface area contributed by atoms with E-state index < -0.39 is 0 Å². The van der Waals surface area contributed by atoms with Gasteiger partial charge in [0.1, 0.15) is 0 Å². The first-order valence-corrected chi connectivity index (χ1v) is 7.96. The second-order valence-electron chi connectivity index (χ2n) is 5.11. The number of rotatable bonds is 3. The van der Waals surface area contributed by atoms with E-state index in [1.807, 2.05) is 0 Å². The van der Waals surface area contributed by atoms with Gasteiger partial charge < -0.3 is 10.1 Å². The van der Waals surface area contributed by atoms with Crippen molar-refractivity contribution in [2.75, 3.05) is 11.9 Å². The molecule has 1 aromatic carbocycles. The Hall–Kier alpha value is -0.0600. The van der Waals surface area contributed by atoms with Crippen LogP contribution in [0.2, 0.25) is 0 Å². The average Bonchev–Trinajstić information content (AvgIpc) is 2.33. The van der Waals surface area contributed by atoms with Gasteiger partial charge in [-0.25, -0.2) is 0 Å². The maximum atomic E-state index is 5.87. The van der Waals surface area contributed by atoms with Crippen LogP contribution in [0.4, 0.5) is 5.69 Å². The lowest BCUT2D eigenvalue weighted by molar-refractivity contribution is -0.0708. The molecule has 0 aromatic heterocycles. The molecule has 0 spiro atoms. The van der Waals surface area contributed by atoms with Crippen LogP contribution in [0.3, 0.4) is 0 Å². The highest BCUT2D eigenvalue weighted by Crippen LogP contribution is 2.32. The van der Waals surface area contributed by atoms with Gasteiger partial charge >= 0.3 is 0 Å². The molecule has 1 aliphatic heterocycles. The molecule has 0 aliphatic carbocycles. The molecule has 1 fully saturated rings. The number of ether oxygens (including phenoxy) is 1. The predicted octanol–water partition coefficient (Wildman–Crippen LogP) is 4.97. The largest absolute Gasteiger partial charge is 0.381 e. The summed E-state index contributed by atoms with van der Waals surface area (Å²) in [5.41, 5.74) is 1.18. The summed E-state index contributed by atoms with van der Waals surface area (Å²) in [6.45, 7) is 5.24. The fraction of sp³-hybridized carbons (Fsp3) is 0.571. The van der Waals surface area contributed by atoms with E-state index in [4.69, 9.17) is 4.74 Å². The zero-order valence-corrected chi connectivity index (χ0v) is 14.0. The van der Waals surface area contributed by atoms with Crippen molar-refractivity contribution in [2.45, 2.75) is 44.8 Å². The molecular formula is C14H19Br2NO. The number of anilines is 1. The highest BCUT2D eigenvalue weighted by atomic mass is 79.9. The lowest BCUT2D eigenvalue weighted by Crippen LogP contribution is -2.41. The molecule has 2 unspecified atom stereocenters. The van der Waals surface area contributed by atoms with Crippen LogP contribution in [-0.2, 0) is 4.74 Å². The van der Waals surface area contributed by atoms with Crippen molar-refractivity contribution in [3.63, 3.8) is 0 Å². The van der Waals surface area contributed by atoms with Crippen molar-refractivity contribution in [2.24, 2.45) is 0 Å². The second-order valence-corrected chi connectivity index (χ2v) is 6.88. The molecule has 0 radical (unpaired) electrons. The predicted molar refractivity (Wildman–Crippen MR) is 83.1 cm³/mol. The first kappa shape index (κ1) is 14.4. The van der Waals surface area contributed by atoms with Crippen LogP contribution < -0.4 is 5.32 Å². The summed E-state index contributed by atoms with van der Waals surface area (Å²) in [6.07, 6.45) is 3.19. The second kappa shape index (κ2) is 5.93. The van der Waals surface area contributed by atoms with Gasteiger partial charge in [-0.2, -0.15) is 0 Å². The van der Waals surface area contributed by atoms with Gasteiger partial charge in [0.15, 0.2) is 0 Å². The molecule has 0 saturated carbocycles. The highest BCUT2D eigenvalue weighted by Gasteiger charge is 2.31. The standard InChI is InChI=1S/C14H19Br2NO/c1-3-14(2)9-11(6-7-18-14)17-13-5-4-10(15)8-12(13)16/h4-5,8,11,17H,3,6-7,9H2,1-2H3. The van der Waals surface area contributed by atoms with Crippen molar-refractivity contribution >= 4 is 37.5 Å². The number of nitrogens with one attached hydrogen (secondary N) is 1. The summed E-state index contributed by atoms with van der Waals surface area (Å²) in [4.78, 5) is 0. The Labute approximate surface area is 126 Å². The minimum Gasteiger partial charge on any atom is -0.381 e. The molecule has 1 heterocycles. The highest BCUT2D eigenvalue weighted by molar-refractivity contribution is 9.11. The summed E-state index contributed by atoms with van der Waals surface area (Å²) >= 11 is 7.07. The Bertz CT molecular complexity index is 424. The van der Waals surface area contributed by atoms with Gasteiger partial charge in [0.25, 0.3) is 0 Å². The van der Waals surface area contributed by atoms with Crippen molar-refractivity contribution < 1.29 is 4.74 Å². The van der Waals surface area contributed by atoms with E-state index in [0.29, 0.717) is 6.04 Å². The zero-order chi connectivity index (χ0) is 13.2. The third-order valence-corrected chi connectivity index (χ3v) is 4.78. The van der Waals surface area contributed by atoms with E-state index in [0.717, 1.165) is 40.5 Å². The smallest absolute Gasteiger partial charge is 0.0671 e. The van der Waals surface area contributed by atoms with Gasteiger partial charge in [-0.05, 0) is 60.3 Å². The Morgan fingerprint density at radius 3 is 2.89 bits per heavy atom. The van der Waals surface area contributed by atoms with Crippen LogP contribution in [0, 0.1) is 0 Å². The van der Waals surface area contributed by atoms with Crippen LogP contribution in [0.15, 0.2) is 27.1 Å². The third kappa shape index (κ3) is 3.49. The maximum absolute atomic E-state index is 5.87. The normalized spacial score (nSPS) is 28.1. The molecule has 0 bridgehead atoms. The van der Waals surface area contributed by atoms with Crippen molar-refractivity contribution in [1.29, 1.82) is 0 Å². The maximum Gasteiger partial charge on any atom is 0.0671 e. The van der Waals surface area contributed by atoms with E-state index in [1.54, 1.807) is 0 Å². The molecule has 4 heteroatoms.